The summed E-state index contributed by atoms with van der Waals surface area (Å²) in [7, 11) is 1.63. The van der Waals surface area contributed by atoms with Gasteiger partial charge in [-0.3, -0.25) is 0 Å². The predicted octanol–water partition coefficient (Wildman–Crippen LogP) is 11.5. The van der Waals surface area contributed by atoms with E-state index in [9.17, 15) is 0 Å². The molecule has 6 nitrogen and oxygen atoms in total. The normalized spacial score (nSPS) is 18.8. The van der Waals surface area contributed by atoms with E-state index in [0.717, 1.165) is 38.1 Å². The molecule has 4 atom stereocenters. The Morgan fingerprint density at radius 2 is 1.17 bits per heavy atom. The Labute approximate surface area is 347 Å². The van der Waals surface area contributed by atoms with Crippen molar-refractivity contribution >= 4 is 21.4 Å². The molecule has 1 aromatic heterocycles. The van der Waals surface area contributed by atoms with E-state index < -0.39 is 30.3 Å². The van der Waals surface area contributed by atoms with Crippen molar-refractivity contribution in [1.29, 1.82) is 0 Å². The van der Waals surface area contributed by atoms with Crippen LogP contribution in [0.25, 0.3) is 10.1 Å². The van der Waals surface area contributed by atoms with Gasteiger partial charge in [-0.25, -0.2) is 8.78 Å². The number of methoxy groups -OCH3 is 1. The second kappa shape index (κ2) is 19.1. The highest BCUT2D eigenvalue weighted by atomic mass is 32.1. The molecule has 1 aliphatic heterocycles. The number of ether oxygens (including phenoxy) is 6. The van der Waals surface area contributed by atoms with Gasteiger partial charge in [0.25, 0.3) is 0 Å². The van der Waals surface area contributed by atoms with Crippen molar-refractivity contribution in [3.05, 3.63) is 202 Å². The first-order valence-corrected chi connectivity index (χ1v) is 20.6. The number of thiophene rings is 1. The van der Waals surface area contributed by atoms with Crippen LogP contribution < -0.4 is 9.47 Å². The molecule has 1 saturated heterocycles. The zero-order valence-electron chi connectivity index (χ0n) is 32.8. The van der Waals surface area contributed by atoms with Gasteiger partial charge in [-0.2, -0.15) is 0 Å². The van der Waals surface area contributed by atoms with Gasteiger partial charge in [0.05, 0.1) is 33.5 Å². The molecular formula is C50H46F2O6S. The highest BCUT2D eigenvalue weighted by Gasteiger charge is 2.60. The zero-order valence-corrected chi connectivity index (χ0v) is 33.6. The van der Waals surface area contributed by atoms with Crippen LogP contribution in [0.15, 0.2) is 164 Å². The average Bonchev–Trinajstić information content (AvgIpc) is 3.69. The molecule has 0 saturated carbocycles. The minimum Gasteiger partial charge on any atom is -0.496 e. The molecule has 0 unspecified atom stereocenters. The van der Waals surface area contributed by atoms with Crippen molar-refractivity contribution in [3.63, 3.8) is 0 Å². The predicted molar refractivity (Wildman–Crippen MR) is 227 cm³/mol. The molecule has 1 aliphatic rings. The Bertz CT molecular complexity index is 2340. The number of fused-ring (bicyclic) bond motifs is 1. The van der Waals surface area contributed by atoms with E-state index in [0.29, 0.717) is 23.5 Å². The first kappa shape index (κ1) is 40.4. The van der Waals surface area contributed by atoms with Crippen LogP contribution in [0.1, 0.15) is 44.4 Å². The van der Waals surface area contributed by atoms with E-state index in [2.05, 4.69) is 18.2 Å². The quantitative estimate of drug-likeness (QED) is 0.0913. The molecule has 2 heterocycles. The fourth-order valence-electron chi connectivity index (χ4n) is 7.42. The van der Waals surface area contributed by atoms with Crippen molar-refractivity contribution in [3.8, 4) is 11.5 Å². The molecule has 0 amide bonds. The number of rotatable bonds is 17. The maximum Gasteiger partial charge on any atom is 0.304 e. The average molecular weight is 813 g/mol. The van der Waals surface area contributed by atoms with Gasteiger partial charge >= 0.3 is 5.92 Å². The lowest BCUT2D eigenvalue weighted by atomic mass is 9.88. The van der Waals surface area contributed by atoms with Crippen molar-refractivity contribution in [2.24, 2.45) is 0 Å². The monoisotopic (exact) mass is 812 g/mol. The first-order chi connectivity index (χ1) is 28.9. The molecule has 8 rings (SSSR count). The van der Waals surface area contributed by atoms with E-state index in [-0.39, 0.29) is 33.0 Å². The van der Waals surface area contributed by atoms with Crippen LogP contribution in [0.5, 0.6) is 11.5 Å². The Morgan fingerprint density at radius 1 is 0.610 bits per heavy atom. The van der Waals surface area contributed by atoms with E-state index in [1.807, 2.05) is 146 Å². The smallest absolute Gasteiger partial charge is 0.304 e. The Morgan fingerprint density at radius 3 is 1.78 bits per heavy atom. The minimum atomic E-state index is -3.53. The molecule has 6 aromatic carbocycles. The van der Waals surface area contributed by atoms with E-state index >= 15 is 8.78 Å². The van der Waals surface area contributed by atoms with Crippen molar-refractivity contribution in [1.82, 2.24) is 0 Å². The molecule has 9 heteroatoms. The van der Waals surface area contributed by atoms with Crippen LogP contribution in [0, 0.1) is 0 Å². The number of halogens is 2. The first-order valence-electron chi connectivity index (χ1n) is 19.8. The van der Waals surface area contributed by atoms with Crippen LogP contribution in [0.4, 0.5) is 8.78 Å². The summed E-state index contributed by atoms with van der Waals surface area (Å²) < 4.78 is 73.8. The molecule has 302 valence electrons. The van der Waals surface area contributed by atoms with Gasteiger partial charge in [-0.05, 0) is 51.4 Å². The number of alkyl halides is 2. The third-order valence-electron chi connectivity index (χ3n) is 10.5. The molecule has 0 aliphatic carbocycles. The summed E-state index contributed by atoms with van der Waals surface area (Å²) in [5, 5.41) is 1.15. The molecule has 1 fully saturated rings. The van der Waals surface area contributed by atoms with Gasteiger partial charge in [0, 0.05) is 27.6 Å². The SMILES string of the molecule is COc1cc(OCc2ccccc2)c([C@H]2O[C@H](COCc3ccccc3)C(F)(F)[C@H](OCc3ccccc3)[C@H]2OCc2ccccc2)cc1Cc1cc2ccccc2s1. The van der Waals surface area contributed by atoms with Gasteiger partial charge in [-0.15, -0.1) is 11.3 Å². The van der Waals surface area contributed by atoms with E-state index in [4.69, 9.17) is 28.4 Å². The van der Waals surface area contributed by atoms with Crippen LogP contribution in [-0.2, 0) is 51.8 Å². The second-order valence-electron chi connectivity index (χ2n) is 14.6. The lowest BCUT2D eigenvalue weighted by Crippen LogP contribution is -2.61. The molecule has 59 heavy (non-hydrogen) atoms. The summed E-state index contributed by atoms with van der Waals surface area (Å²) in [6.45, 7) is -0.0403. The van der Waals surface area contributed by atoms with Gasteiger partial charge in [0.15, 0.2) is 6.10 Å². The topological polar surface area (TPSA) is 55.4 Å². The van der Waals surface area contributed by atoms with E-state index in [1.54, 1.807) is 18.4 Å². The van der Waals surface area contributed by atoms with Gasteiger partial charge in [0.1, 0.15) is 36.4 Å². The summed E-state index contributed by atoms with van der Waals surface area (Å²) in [4.78, 5) is 1.12. The fourth-order valence-corrected chi connectivity index (χ4v) is 8.51. The standard InChI is InChI=1S/C50H46F2O6S/c1-53-43-29-44(55-31-36-18-8-3-9-19-36)42(28-40(43)27-41-26-39-24-14-15-25-45(39)59-41)47-48(56-32-37-20-10-4-11-21-37)49(57-33-38-22-12-5-13-23-38)50(51,52)46(58-47)34-54-30-35-16-6-2-7-17-35/h2-26,28-29,46-49H,27,30-34H2,1H3/t46-,47-,48+,49-/m1/s1. The second-order valence-corrected chi connectivity index (χ2v) is 15.8. The number of hydrogen-bond acceptors (Lipinski definition) is 7. The largest absolute Gasteiger partial charge is 0.496 e. The summed E-state index contributed by atoms with van der Waals surface area (Å²) in [5.41, 5.74) is 4.78. The summed E-state index contributed by atoms with van der Waals surface area (Å²) in [6, 6.07) is 52.3. The molecule has 7 aromatic rings. The van der Waals surface area contributed by atoms with Crippen LogP contribution in [0.3, 0.4) is 0 Å². The maximum absolute atomic E-state index is 17.2. The summed E-state index contributed by atoms with van der Waals surface area (Å²) in [6.07, 6.45) is -5.23. The highest BCUT2D eigenvalue weighted by molar-refractivity contribution is 7.19. The molecular weight excluding hydrogens is 767 g/mol. The molecule has 0 spiro atoms. The highest BCUT2D eigenvalue weighted by Crippen LogP contribution is 2.48. The van der Waals surface area contributed by atoms with Gasteiger partial charge < -0.3 is 28.4 Å². The Kier molecular flexibility index (Phi) is 13.1. The van der Waals surface area contributed by atoms with E-state index in [1.165, 1.54) is 4.70 Å². The lowest BCUT2D eigenvalue weighted by Gasteiger charge is -2.46. The van der Waals surface area contributed by atoms with Crippen LogP contribution in [-0.4, -0.2) is 38.0 Å². The third kappa shape index (κ3) is 9.90. The maximum atomic E-state index is 17.2. The van der Waals surface area contributed by atoms with Crippen LogP contribution >= 0.6 is 11.3 Å². The Balaban J connectivity index is 1.22. The van der Waals surface area contributed by atoms with Crippen molar-refractivity contribution < 1.29 is 37.2 Å². The molecule has 0 radical (unpaired) electrons. The fraction of sp³-hybridized carbons (Fsp3) is 0.240. The lowest BCUT2D eigenvalue weighted by molar-refractivity contribution is -0.320. The minimum absolute atomic E-state index is 0.0484. The van der Waals surface area contributed by atoms with Crippen molar-refractivity contribution in [2.45, 2.75) is 63.2 Å². The molecule has 0 N–H and O–H groups in total. The van der Waals surface area contributed by atoms with Crippen molar-refractivity contribution in [2.75, 3.05) is 13.7 Å². The number of hydrogen-bond donors (Lipinski definition) is 0. The third-order valence-corrected chi connectivity index (χ3v) is 11.6. The van der Waals surface area contributed by atoms with Gasteiger partial charge in [-0.1, -0.05) is 140 Å². The summed E-state index contributed by atoms with van der Waals surface area (Å²) in [5.74, 6) is -2.49. The zero-order chi connectivity index (χ0) is 40.4. The Hall–Kier alpha value is -5.42. The molecule has 0 bridgehead atoms. The van der Waals surface area contributed by atoms with Gasteiger partial charge in [0.2, 0.25) is 0 Å². The summed E-state index contributed by atoms with van der Waals surface area (Å²) >= 11 is 1.70. The number of benzene rings is 6. The van der Waals surface area contributed by atoms with Crippen LogP contribution in [0.2, 0.25) is 0 Å².